The number of nitrogens with zero attached hydrogens (tertiary/aromatic N) is 4. The maximum absolute atomic E-state index is 13.4. The monoisotopic (exact) mass is 440 g/mol. The van der Waals surface area contributed by atoms with Crippen LogP contribution >= 0.6 is 11.6 Å². The number of hydrogen-bond acceptors (Lipinski definition) is 4. The number of piperidine rings is 1. The second-order valence-corrected chi connectivity index (χ2v) is 9.80. The topological polar surface area (TPSA) is 39.7 Å². The van der Waals surface area contributed by atoms with Gasteiger partial charge >= 0.3 is 0 Å². The minimum absolute atomic E-state index is 0.222. The van der Waals surface area contributed by atoms with Crippen LogP contribution in [0.4, 0.5) is 5.82 Å². The van der Waals surface area contributed by atoms with Gasteiger partial charge in [0.2, 0.25) is 5.91 Å². The molecule has 1 atom stereocenters. The third-order valence-corrected chi connectivity index (χ3v) is 7.02. The Kier molecular flexibility index (Phi) is 6.83. The number of aromatic nitrogens is 1. The summed E-state index contributed by atoms with van der Waals surface area (Å²) in [5, 5.41) is 0.702. The van der Waals surface area contributed by atoms with E-state index in [0.29, 0.717) is 10.9 Å². The van der Waals surface area contributed by atoms with Crippen LogP contribution in [0.5, 0.6) is 0 Å². The third kappa shape index (κ3) is 5.21. The molecular weight excluding hydrogens is 408 g/mol. The Bertz CT molecular complexity index is 863. The molecule has 166 valence electrons. The zero-order valence-corrected chi connectivity index (χ0v) is 19.4. The molecule has 3 heterocycles. The molecule has 6 heteroatoms. The molecule has 2 aliphatic rings. The van der Waals surface area contributed by atoms with Crippen molar-refractivity contribution in [3.63, 3.8) is 0 Å². The van der Waals surface area contributed by atoms with Crippen molar-refractivity contribution in [3.8, 4) is 0 Å². The molecule has 4 rings (SSSR count). The van der Waals surface area contributed by atoms with Crippen molar-refractivity contribution in [2.75, 3.05) is 50.7 Å². The van der Waals surface area contributed by atoms with Crippen molar-refractivity contribution >= 4 is 23.3 Å². The zero-order valence-electron chi connectivity index (χ0n) is 18.6. The second-order valence-electron chi connectivity index (χ2n) is 9.37. The average molecular weight is 441 g/mol. The second kappa shape index (κ2) is 9.58. The van der Waals surface area contributed by atoms with Gasteiger partial charge in [0.15, 0.2) is 0 Å². The Morgan fingerprint density at radius 2 is 1.81 bits per heavy atom. The minimum Gasteiger partial charge on any atom is -0.354 e. The zero-order chi connectivity index (χ0) is 21.8. The Morgan fingerprint density at radius 1 is 1.06 bits per heavy atom. The molecule has 2 fully saturated rings. The highest BCUT2D eigenvalue weighted by molar-refractivity contribution is 6.30. The summed E-state index contributed by atoms with van der Waals surface area (Å²) in [6.45, 7) is 11.0. The lowest BCUT2D eigenvalue weighted by Gasteiger charge is -2.41. The van der Waals surface area contributed by atoms with Gasteiger partial charge in [-0.2, -0.15) is 0 Å². The van der Waals surface area contributed by atoms with E-state index in [-0.39, 0.29) is 5.91 Å². The van der Waals surface area contributed by atoms with E-state index in [1.54, 1.807) is 0 Å². The third-order valence-electron chi connectivity index (χ3n) is 6.77. The number of piperazine rings is 1. The number of anilines is 1. The van der Waals surface area contributed by atoms with Gasteiger partial charge in [-0.1, -0.05) is 29.8 Å². The minimum atomic E-state index is -0.541. The normalized spacial score (nSPS) is 20.7. The lowest BCUT2D eigenvalue weighted by atomic mass is 9.82. The van der Waals surface area contributed by atoms with Crippen molar-refractivity contribution in [1.29, 1.82) is 0 Å². The SMILES string of the molecule is CC(C)(C(=O)N1CCCC(CN2CCN(c3ccccn3)CC2)C1)c1ccc(Cl)cc1. The molecule has 2 saturated heterocycles. The van der Waals surface area contributed by atoms with Gasteiger partial charge in [0, 0.05) is 57.0 Å². The summed E-state index contributed by atoms with van der Waals surface area (Å²) in [5.41, 5.74) is 0.482. The lowest BCUT2D eigenvalue weighted by Crippen LogP contribution is -2.52. The average Bonchev–Trinajstić information content (AvgIpc) is 2.80. The Balaban J connectivity index is 1.31. The van der Waals surface area contributed by atoms with E-state index in [1.165, 1.54) is 6.42 Å². The highest BCUT2D eigenvalue weighted by Gasteiger charge is 2.36. The van der Waals surface area contributed by atoms with E-state index in [4.69, 9.17) is 11.6 Å². The fourth-order valence-corrected chi connectivity index (χ4v) is 4.98. The highest BCUT2D eigenvalue weighted by Crippen LogP contribution is 2.29. The smallest absolute Gasteiger partial charge is 0.232 e. The van der Waals surface area contributed by atoms with E-state index < -0.39 is 5.41 Å². The van der Waals surface area contributed by atoms with E-state index >= 15 is 0 Å². The Morgan fingerprint density at radius 3 is 2.48 bits per heavy atom. The molecule has 0 saturated carbocycles. The van der Waals surface area contributed by atoms with Crippen LogP contribution in [0.15, 0.2) is 48.7 Å². The number of pyridine rings is 1. The maximum atomic E-state index is 13.4. The molecule has 0 spiro atoms. The summed E-state index contributed by atoms with van der Waals surface area (Å²) in [6.07, 6.45) is 4.15. The van der Waals surface area contributed by atoms with Crippen molar-refractivity contribution < 1.29 is 4.79 Å². The van der Waals surface area contributed by atoms with Gasteiger partial charge in [-0.05, 0) is 62.4 Å². The van der Waals surface area contributed by atoms with E-state index in [9.17, 15) is 4.79 Å². The van der Waals surface area contributed by atoms with Crippen molar-refractivity contribution in [3.05, 3.63) is 59.2 Å². The lowest BCUT2D eigenvalue weighted by molar-refractivity contribution is -0.138. The molecular formula is C25H33ClN4O. The molecule has 2 aliphatic heterocycles. The molecule has 0 aliphatic carbocycles. The van der Waals surface area contributed by atoms with E-state index in [0.717, 1.165) is 63.6 Å². The first-order chi connectivity index (χ1) is 14.9. The van der Waals surface area contributed by atoms with Gasteiger partial charge < -0.3 is 9.80 Å². The van der Waals surface area contributed by atoms with E-state index in [1.807, 2.05) is 56.4 Å². The number of carbonyl (C=O) groups is 1. The largest absolute Gasteiger partial charge is 0.354 e. The number of amides is 1. The van der Waals surface area contributed by atoms with Crippen LogP contribution in [0, 0.1) is 5.92 Å². The molecule has 1 amide bonds. The van der Waals surface area contributed by atoms with Crippen LogP contribution in [-0.4, -0.2) is 66.5 Å². The summed E-state index contributed by atoms with van der Waals surface area (Å²) >= 11 is 6.04. The molecule has 2 aromatic rings. The summed E-state index contributed by atoms with van der Waals surface area (Å²) < 4.78 is 0. The molecule has 1 unspecified atom stereocenters. The van der Waals surface area contributed by atoms with Gasteiger partial charge in [-0.25, -0.2) is 4.98 Å². The maximum Gasteiger partial charge on any atom is 0.232 e. The molecule has 31 heavy (non-hydrogen) atoms. The van der Waals surface area contributed by atoms with E-state index in [2.05, 4.69) is 25.8 Å². The van der Waals surface area contributed by atoms with Crippen LogP contribution in [0.25, 0.3) is 0 Å². The predicted molar refractivity (Wildman–Crippen MR) is 127 cm³/mol. The summed E-state index contributed by atoms with van der Waals surface area (Å²) in [5.74, 6) is 1.83. The Labute approximate surface area is 191 Å². The van der Waals surface area contributed by atoms with Gasteiger partial charge in [-0.15, -0.1) is 0 Å². The van der Waals surface area contributed by atoms with Gasteiger partial charge in [0.1, 0.15) is 5.82 Å². The first-order valence-electron chi connectivity index (χ1n) is 11.4. The summed E-state index contributed by atoms with van der Waals surface area (Å²) in [6, 6.07) is 13.8. The first-order valence-corrected chi connectivity index (χ1v) is 11.7. The fourth-order valence-electron chi connectivity index (χ4n) is 4.85. The number of benzene rings is 1. The van der Waals surface area contributed by atoms with Gasteiger partial charge in [0.05, 0.1) is 5.41 Å². The van der Waals surface area contributed by atoms with Crippen LogP contribution < -0.4 is 4.90 Å². The van der Waals surface area contributed by atoms with Crippen LogP contribution in [0.1, 0.15) is 32.3 Å². The molecule has 0 N–H and O–H groups in total. The molecule has 1 aromatic heterocycles. The Hall–Kier alpha value is -2.11. The van der Waals surface area contributed by atoms with Crippen LogP contribution in [-0.2, 0) is 10.2 Å². The predicted octanol–water partition coefficient (Wildman–Crippen LogP) is 4.07. The first kappa shape index (κ1) is 22.1. The van der Waals surface area contributed by atoms with Crippen molar-refractivity contribution in [2.45, 2.75) is 32.1 Å². The molecule has 0 bridgehead atoms. The quantitative estimate of drug-likeness (QED) is 0.702. The number of likely N-dealkylation sites (tertiary alicyclic amines) is 1. The molecule has 5 nitrogen and oxygen atoms in total. The summed E-state index contributed by atoms with van der Waals surface area (Å²) in [7, 11) is 0. The van der Waals surface area contributed by atoms with Gasteiger partial charge in [0.25, 0.3) is 0 Å². The molecule has 1 aromatic carbocycles. The van der Waals surface area contributed by atoms with Gasteiger partial charge in [-0.3, -0.25) is 9.69 Å². The summed E-state index contributed by atoms with van der Waals surface area (Å²) in [4.78, 5) is 24.9. The highest BCUT2D eigenvalue weighted by atomic mass is 35.5. The number of hydrogen-bond donors (Lipinski definition) is 0. The molecule has 0 radical (unpaired) electrons. The number of rotatable bonds is 5. The standard InChI is InChI=1S/C25H33ClN4O/c1-25(2,21-8-10-22(26)11-9-21)24(31)30-13-5-6-20(19-30)18-28-14-16-29(17-15-28)23-7-3-4-12-27-23/h3-4,7-12,20H,5-6,13-19H2,1-2H3. The van der Waals surface area contributed by atoms with Crippen LogP contribution in [0.3, 0.4) is 0 Å². The van der Waals surface area contributed by atoms with Crippen molar-refractivity contribution in [1.82, 2.24) is 14.8 Å². The fraction of sp³-hybridized carbons (Fsp3) is 0.520. The van der Waals surface area contributed by atoms with Crippen LogP contribution in [0.2, 0.25) is 5.02 Å². The number of halogens is 1. The van der Waals surface area contributed by atoms with Crippen molar-refractivity contribution in [2.24, 2.45) is 5.92 Å². The number of carbonyl (C=O) groups excluding carboxylic acids is 1.